The average Bonchev–Trinajstić information content (AvgIpc) is 2.60. The van der Waals surface area contributed by atoms with Gasteiger partial charge in [-0.15, -0.1) is 0 Å². The Balaban J connectivity index is 1.81. The lowest BCUT2D eigenvalue weighted by Crippen LogP contribution is -2.31. The average molecular weight is 342 g/mol. The van der Waals surface area contributed by atoms with Gasteiger partial charge in [-0.1, -0.05) is 18.2 Å². The highest BCUT2D eigenvalue weighted by Gasteiger charge is 2.19. The molecule has 0 radical (unpaired) electrons. The highest BCUT2D eigenvalue weighted by molar-refractivity contribution is 5.52. The summed E-state index contributed by atoms with van der Waals surface area (Å²) in [6.45, 7) is 7.31. The Bertz CT molecular complexity index is 748. The van der Waals surface area contributed by atoms with Crippen LogP contribution in [0.4, 0.5) is 11.6 Å². The van der Waals surface area contributed by atoms with Crippen LogP contribution in [0.3, 0.4) is 0 Å². The van der Waals surface area contributed by atoms with Crippen LogP contribution in [0.15, 0.2) is 24.3 Å². The molecule has 0 fully saturated rings. The lowest BCUT2D eigenvalue weighted by molar-refractivity contribution is 0.199. The molecule has 2 atom stereocenters. The number of aliphatic hydroxyl groups excluding tert-OH is 2. The Hall–Kier alpha value is -2.18. The minimum Gasteiger partial charge on any atom is -0.394 e. The quantitative estimate of drug-likeness (QED) is 0.773. The topological polar surface area (TPSA) is 81.5 Å². The van der Waals surface area contributed by atoms with Crippen LogP contribution >= 0.6 is 0 Å². The van der Waals surface area contributed by atoms with Crippen molar-refractivity contribution in [2.45, 2.75) is 45.9 Å². The molecular formula is C19H26N4O2. The van der Waals surface area contributed by atoms with Gasteiger partial charge in [0.25, 0.3) is 0 Å². The lowest BCUT2D eigenvalue weighted by Gasteiger charge is -2.30. The summed E-state index contributed by atoms with van der Waals surface area (Å²) in [5.74, 6) is 2.34. The van der Waals surface area contributed by atoms with Gasteiger partial charge in [0, 0.05) is 25.2 Å². The number of hydrogen-bond acceptors (Lipinski definition) is 6. The molecule has 1 aromatic carbocycles. The van der Waals surface area contributed by atoms with Gasteiger partial charge in [0.1, 0.15) is 17.5 Å². The van der Waals surface area contributed by atoms with Crippen molar-refractivity contribution in [1.82, 2.24) is 9.97 Å². The molecular weight excluding hydrogens is 316 g/mol. The van der Waals surface area contributed by atoms with E-state index in [1.165, 1.54) is 11.1 Å². The van der Waals surface area contributed by atoms with Crippen LogP contribution < -0.4 is 10.2 Å². The van der Waals surface area contributed by atoms with Crippen molar-refractivity contribution < 1.29 is 10.2 Å². The molecule has 1 aromatic heterocycles. The molecule has 3 rings (SSSR count). The van der Waals surface area contributed by atoms with E-state index in [-0.39, 0.29) is 12.6 Å². The Kier molecular flexibility index (Phi) is 5.20. The van der Waals surface area contributed by atoms with Gasteiger partial charge >= 0.3 is 0 Å². The van der Waals surface area contributed by atoms with E-state index in [1.807, 2.05) is 26.0 Å². The predicted octanol–water partition coefficient (Wildman–Crippen LogP) is 2.19. The van der Waals surface area contributed by atoms with Gasteiger partial charge < -0.3 is 20.4 Å². The maximum absolute atomic E-state index is 9.76. The molecule has 0 spiro atoms. The maximum Gasteiger partial charge on any atom is 0.134 e. The van der Waals surface area contributed by atoms with Gasteiger partial charge in [0.2, 0.25) is 0 Å². The number of benzene rings is 1. The second-order valence-corrected chi connectivity index (χ2v) is 6.76. The summed E-state index contributed by atoms with van der Waals surface area (Å²) in [4.78, 5) is 11.2. The van der Waals surface area contributed by atoms with Gasteiger partial charge in [0.15, 0.2) is 0 Å². The van der Waals surface area contributed by atoms with Crippen LogP contribution in [0.1, 0.15) is 42.5 Å². The van der Waals surface area contributed by atoms with Gasteiger partial charge in [-0.05, 0) is 43.9 Å². The monoisotopic (exact) mass is 342 g/mol. The molecule has 6 heteroatoms. The zero-order valence-electron chi connectivity index (χ0n) is 15.0. The number of aromatic nitrogens is 2. The number of nitrogens with one attached hydrogen (secondary N) is 1. The molecule has 0 saturated heterocycles. The highest BCUT2D eigenvalue weighted by atomic mass is 16.3. The fourth-order valence-corrected chi connectivity index (χ4v) is 3.11. The van der Waals surface area contributed by atoms with Crippen molar-refractivity contribution in [2.75, 3.05) is 23.4 Å². The molecule has 1 aliphatic heterocycles. The van der Waals surface area contributed by atoms with Crippen LogP contribution in [-0.2, 0) is 13.0 Å². The summed E-state index contributed by atoms with van der Waals surface area (Å²) in [7, 11) is 0. The molecule has 0 amide bonds. The number of fused-ring (bicyclic) bond motifs is 1. The zero-order valence-corrected chi connectivity index (χ0v) is 15.0. The molecule has 3 N–H and O–H groups in total. The standard InChI is InChI=1S/C19H26N4O2/c1-12(11-24)20-18-9-19(22-14(3)21-18)23-7-6-16-8-15(13(2)25)4-5-17(16)10-23/h4-5,8-9,12-13,24-25H,6-7,10-11H2,1-3H3,(H,20,21,22)/t12-,13-/m1/s1. The maximum atomic E-state index is 9.76. The van der Waals surface area contributed by atoms with E-state index in [9.17, 15) is 10.2 Å². The van der Waals surface area contributed by atoms with Gasteiger partial charge in [-0.3, -0.25) is 0 Å². The van der Waals surface area contributed by atoms with Crippen molar-refractivity contribution >= 4 is 11.6 Å². The fourth-order valence-electron chi connectivity index (χ4n) is 3.11. The summed E-state index contributed by atoms with van der Waals surface area (Å²) in [5, 5.41) is 22.2. The highest BCUT2D eigenvalue weighted by Crippen LogP contribution is 2.27. The Morgan fingerprint density at radius 1 is 1.20 bits per heavy atom. The Morgan fingerprint density at radius 2 is 2.00 bits per heavy atom. The van der Waals surface area contributed by atoms with Crippen molar-refractivity contribution in [2.24, 2.45) is 0 Å². The van der Waals surface area contributed by atoms with Crippen LogP contribution in [0.2, 0.25) is 0 Å². The first-order valence-electron chi connectivity index (χ1n) is 8.74. The SMILES string of the molecule is Cc1nc(N[C@H](C)CO)cc(N2CCc3cc([C@@H](C)O)ccc3C2)n1. The smallest absolute Gasteiger partial charge is 0.134 e. The van der Waals surface area contributed by atoms with E-state index in [0.29, 0.717) is 5.82 Å². The van der Waals surface area contributed by atoms with E-state index < -0.39 is 6.10 Å². The number of hydrogen-bond donors (Lipinski definition) is 3. The molecule has 1 aliphatic rings. The van der Waals surface area contributed by atoms with Crippen LogP contribution in [0, 0.1) is 6.92 Å². The number of aliphatic hydroxyl groups is 2. The summed E-state index contributed by atoms with van der Waals surface area (Å²) in [6.07, 6.45) is 0.490. The minimum atomic E-state index is -0.435. The van der Waals surface area contributed by atoms with E-state index in [1.54, 1.807) is 6.92 Å². The number of anilines is 2. The fraction of sp³-hybridized carbons (Fsp3) is 0.474. The first-order chi connectivity index (χ1) is 12.0. The third kappa shape index (κ3) is 4.08. The third-order valence-electron chi connectivity index (χ3n) is 4.54. The largest absolute Gasteiger partial charge is 0.394 e. The van der Waals surface area contributed by atoms with Gasteiger partial charge in [-0.2, -0.15) is 0 Å². The lowest BCUT2D eigenvalue weighted by atomic mass is 9.96. The molecule has 0 aliphatic carbocycles. The molecule has 6 nitrogen and oxygen atoms in total. The van der Waals surface area contributed by atoms with Crippen LogP contribution in [0.5, 0.6) is 0 Å². The summed E-state index contributed by atoms with van der Waals surface area (Å²) in [5.41, 5.74) is 3.53. The first kappa shape index (κ1) is 17.6. The number of nitrogens with zero attached hydrogens (tertiary/aromatic N) is 3. The minimum absolute atomic E-state index is 0.0527. The summed E-state index contributed by atoms with van der Waals surface area (Å²) < 4.78 is 0. The van der Waals surface area contributed by atoms with E-state index in [0.717, 1.165) is 36.7 Å². The van der Waals surface area contributed by atoms with E-state index >= 15 is 0 Å². The van der Waals surface area contributed by atoms with E-state index in [4.69, 9.17) is 0 Å². The van der Waals surface area contributed by atoms with Crippen molar-refractivity contribution in [3.63, 3.8) is 0 Å². The molecule has 0 saturated carbocycles. The molecule has 0 bridgehead atoms. The van der Waals surface area contributed by atoms with Crippen LogP contribution in [0.25, 0.3) is 0 Å². The molecule has 25 heavy (non-hydrogen) atoms. The van der Waals surface area contributed by atoms with E-state index in [2.05, 4.69) is 32.3 Å². The number of rotatable bonds is 5. The molecule has 2 aromatic rings. The molecule has 134 valence electrons. The van der Waals surface area contributed by atoms with Gasteiger partial charge in [0.05, 0.1) is 12.7 Å². The Labute approximate surface area is 148 Å². The van der Waals surface area contributed by atoms with Crippen molar-refractivity contribution in [3.8, 4) is 0 Å². The number of aryl methyl sites for hydroxylation is 1. The second kappa shape index (κ2) is 7.37. The van der Waals surface area contributed by atoms with Crippen molar-refractivity contribution in [3.05, 3.63) is 46.8 Å². The van der Waals surface area contributed by atoms with Gasteiger partial charge in [-0.25, -0.2) is 9.97 Å². The predicted molar refractivity (Wildman–Crippen MR) is 98.8 cm³/mol. The Morgan fingerprint density at radius 3 is 2.72 bits per heavy atom. The summed E-state index contributed by atoms with van der Waals surface area (Å²) in [6, 6.07) is 8.09. The third-order valence-corrected chi connectivity index (χ3v) is 4.54. The van der Waals surface area contributed by atoms with Crippen LogP contribution in [-0.4, -0.2) is 39.4 Å². The zero-order chi connectivity index (χ0) is 18.0. The summed E-state index contributed by atoms with van der Waals surface area (Å²) >= 11 is 0. The van der Waals surface area contributed by atoms with Crippen molar-refractivity contribution in [1.29, 1.82) is 0 Å². The normalized spacial score (nSPS) is 16.3. The first-order valence-corrected chi connectivity index (χ1v) is 8.74. The second-order valence-electron chi connectivity index (χ2n) is 6.76. The molecule has 0 unspecified atom stereocenters. The molecule has 2 heterocycles.